The molecule has 0 aromatic heterocycles. The fourth-order valence-corrected chi connectivity index (χ4v) is 1.61. The number of halogens is 1. The molecule has 1 rings (SSSR count). The van der Waals surface area contributed by atoms with Crippen LogP contribution in [0.4, 0.5) is 0 Å². The Morgan fingerprint density at radius 3 is 3.20 bits per heavy atom. The first-order chi connectivity index (χ1) is 7.26. The summed E-state index contributed by atoms with van der Waals surface area (Å²) in [5.41, 5.74) is 1.50. The topological polar surface area (TPSA) is 38.8 Å². The Morgan fingerprint density at radius 2 is 2.53 bits per heavy atom. The molecule has 1 heterocycles. The highest BCUT2D eigenvalue weighted by atomic mass is 35.5. The summed E-state index contributed by atoms with van der Waals surface area (Å²) in [4.78, 5) is 13.2. The Bertz CT molecular complexity index is 233. The second-order valence-electron chi connectivity index (χ2n) is 3.39. The number of nitrogens with zero attached hydrogens (tertiary/aromatic N) is 1. The maximum atomic E-state index is 11.0. The third-order valence-electron chi connectivity index (χ3n) is 2.30. The van der Waals surface area contributed by atoms with E-state index in [1.165, 1.54) is 12.6 Å². The van der Waals surface area contributed by atoms with E-state index in [2.05, 4.69) is 9.64 Å². The molecular formula is C10H16ClNO3. The van der Waals surface area contributed by atoms with Crippen LogP contribution in [0.3, 0.4) is 0 Å². The first-order valence-electron chi connectivity index (χ1n) is 4.92. The van der Waals surface area contributed by atoms with Gasteiger partial charge in [0.1, 0.15) is 0 Å². The smallest absolute Gasteiger partial charge is 0.308 e. The normalized spacial score (nSPS) is 23.2. The van der Waals surface area contributed by atoms with Crippen LogP contribution >= 0.6 is 11.6 Å². The zero-order valence-corrected chi connectivity index (χ0v) is 9.57. The number of esters is 1. The Hall–Kier alpha value is -0.580. The molecule has 15 heavy (non-hydrogen) atoms. The summed E-state index contributed by atoms with van der Waals surface area (Å²) in [6, 6.07) is 0. The molecule has 0 aliphatic carbocycles. The summed E-state index contributed by atoms with van der Waals surface area (Å²) >= 11 is 5.45. The molecule has 1 aliphatic rings. The van der Waals surface area contributed by atoms with Gasteiger partial charge in [-0.15, -0.1) is 0 Å². The molecule has 4 nitrogen and oxygen atoms in total. The van der Waals surface area contributed by atoms with E-state index in [1.807, 2.05) is 6.08 Å². The van der Waals surface area contributed by atoms with Crippen LogP contribution in [0.1, 0.15) is 6.42 Å². The maximum absolute atomic E-state index is 11.0. The summed E-state index contributed by atoms with van der Waals surface area (Å²) in [5, 5.41) is 0. The molecular weight excluding hydrogens is 218 g/mol. The van der Waals surface area contributed by atoms with E-state index in [1.54, 1.807) is 0 Å². The van der Waals surface area contributed by atoms with Crippen molar-refractivity contribution in [3.05, 3.63) is 11.6 Å². The van der Waals surface area contributed by atoms with Gasteiger partial charge in [-0.3, -0.25) is 9.69 Å². The Kier molecular flexibility index (Phi) is 5.68. The van der Waals surface area contributed by atoms with Crippen LogP contribution in [0.2, 0.25) is 0 Å². The van der Waals surface area contributed by atoms with Crippen molar-refractivity contribution in [2.75, 3.05) is 33.4 Å². The molecule has 0 bridgehead atoms. The number of hydrogen-bond acceptors (Lipinski definition) is 4. The van der Waals surface area contributed by atoms with E-state index in [0.717, 1.165) is 19.6 Å². The average Bonchev–Trinajstić information content (AvgIpc) is 2.26. The monoisotopic (exact) mass is 233 g/mol. The molecule has 1 fully saturated rings. The van der Waals surface area contributed by atoms with Gasteiger partial charge in [-0.25, -0.2) is 0 Å². The number of methoxy groups -OCH3 is 1. The lowest BCUT2D eigenvalue weighted by molar-refractivity contribution is -0.145. The number of morpholine rings is 1. The molecule has 0 amide bonds. The average molecular weight is 234 g/mol. The molecule has 86 valence electrons. The van der Waals surface area contributed by atoms with E-state index in [4.69, 9.17) is 16.3 Å². The number of hydrogen-bond donors (Lipinski definition) is 0. The lowest BCUT2D eigenvalue weighted by Gasteiger charge is -2.31. The molecule has 1 unspecified atom stereocenters. The van der Waals surface area contributed by atoms with Crippen molar-refractivity contribution in [1.82, 2.24) is 4.90 Å². The number of rotatable bonds is 4. The highest BCUT2D eigenvalue weighted by Gasteiger charge is 2.22. The van der Waals surface area contributed by atoms with Crippen LogP contribution in [0, 0.1) is 0 Å². The van der Waals surface area contributed by atoms with E-state index >= 15 is 0 Å². The first-order valence-corrected chi connectivity index (χ1v) is 5.36. The van der Waals surface area contributed by atoms with Crippen LogP contribution in [0.5, 0.6) is 0 Å². The summed E-state index contributed by atoms with van der Waals surface area (Å²) in [6.45, 7) is 3.07. The molecule has 5 heteroatoms. The summed E-state index contributed by atoms with van der Waals surface area (Å²) in [5.74, 6) is -0.227. The minimum absolute atomic E-state index is 0.0603. The number of carbonyl (C=O) groups excluding carboxylic acids is 1. The lowest BCUT2D eigenvalue weighted by atomic mass is 10.2. The minimum Gasteiger partial charge on any atom is -0.469 e. The van der Waals surface area contributed by atoms with E-state index in [-0.39, 0.29) is 12.1 Å². The van der Waals surface area contributed by atoms with Gasteiger partial charge in [0.15, 0.2) is 0 Å². The molecule has 1 saturated heterocycles. The predicted molar refractivity (Wildman–Crippen MR) is 57.8 cm³/mol. The van der Waals surface area contributed by atoms with Crippen LogP contribution in [0.25, 0.3) is 0 Å². The molecule has 0 N–H and O–H groups in total. The zero-order chi connectivity index (χ0) is 11.1. The quantitative estimate of drug-likeness (QED) is 0.680. The Labute approximate surface area is 94.8 Å². The van der Waals surface area contributed by atoms with Gasteiger partial charge in [-0.05, 0) is 0 Å². The second kappa shape index (κ2) is 6.82. The SMILES string of the molecule is COC(=O)CC1CN(C/C=C/Cl)CCO1. The molecule has 0 spiro atoms. The highest BCUT2D eigenvalue weighted by Crippen LogP contribution is 2.09. The number of carbonyl (C=O) groups is 1. The zero-order valence-electron chi connectivity index (χ0n) is 8.82. The lowest BCUT2D eigenvalue weighted by Crippen LogP contribution is -2.43. The van der Waals surface area contributed by atoms with Gasteiger partial charge in [0.05, 0.1) is 26.2 Å². The molecule has 1 atom stereocenters. The summed E-state index contributed by atoms with van der Waals surface area (Å²) in [6.07, 6.45) is 2.13. The first kappa shape index (κ1) is 12.5. The Morgan fingerprint density at radius 1 is 1.73 bits per heavy atom. The van der Waals surface area contributed by atoms with Crippen molar-refractivity contribution in [3.8, 4) is 0 Å². The summed E-state index contributed by atoms with van der Waals surface area (Å²) < 4.78 is 10.1. The predicted octanol–water partition coefficient (Wildman–Crippen LogP) is 1.00. The maximum Gasteiger partial charge on any atom is 0.308 e. The van der Waals surface area contributed by atoms with Gasteiger partial charge < -0.3 is 9.47 Å². The van der Waals surface area contributed by atoms with Crippen molar-refractivity contribution < 1.29 is 14.3 Å². The molecule has 0 saturated carbocycles. The van der Waals surface area contributed by atoms with E-state index in [9.17, 15) is 4.79 Å². The van der Waals surface area contributed by atoms with Crippen molar-refractivity contribution >= 4 is 17.6 Å². The molecule has 0 aromatic carbocycles. The van der Waals surface area contributed by atoms with Crippen molar-refractivity contribution in [2.24, 2.45) is 0 Å². The van der Waals surface area contributed by atoms with Gasteiger partial charge >= 0.3 is 5.97 Å². The van der Waals surface area contributed by atoms with Gasteiger partial charge in [-0.2, -0.15) is 0 Å². The van der Waals surface area contributed by atoms with Crippen LogP contribution in [-0.4, -0.2) is 50.3 Å². The van der Waals surface area contributed by atoms with E-state index in [0.29, 0.717) is 13.0 Å². The minimum atomic E-state index is -0.227. The van der Waals surface area contributed by atoms with Crippen molar-refractivity contribution in [1.29, 1.82) is 0 Å². The number of ether oxygens (including phenoxy) is 2. The fraction of sp³-hybridized carbons (Fsp3) is 0.700. The summed E-state index contributed by atoms with van der Waals surface area (Å²) in [7, 11) is 1.39. The van der Waals surface area contributed by atoms with Gasteiger partial charge in [0.25, 0.3) is 0 Å². The van der Waals surface area contributed by atoms with Gasteiger partial charge in [0, 0.05) is 25.2 Å². The van der Waals surface area contributed by atoms with Gasteiger partial charge in [-0.1, -0.05) is 17.7 Å². The third-order valence-corrected chi connectivity index (χ3v) is 2.48. The van der Waals surface area contributed by atoms with Crippen LogP contribution in [0.15, 0.2) is 11.6 Å². The van der Waals surface area contributed by atoms with Crippen LogP contribution < -0.4 is 0 Å². The fourth-order valence-electron chi connectivity index (χ4n) is 1.53. The largest absolute Gasteiger partial charge is 0.469 e. The molecule has 0 radical (unpaired) electrons. The highest BCUT2D eigenvalue weighted by molar-refractivity contribution is 6.25. The molecule has 1 aliphatic heterocycles. The van der Waals surface area contributed by atoms with Crippen molar-refractivity contribution in [3.63, 3.8) is 0 Å². The third kappa shape index (κ3) is 4.64. The molecule has 0 aromatic rings. The van der Waals surface area contributed by atoms with Crippen LogP contribution in [-0.2, 0) is 14.3 Å². The van der Waals surface area contributed by atoms with Crippen molar-refractivity contribution in [2.45, 2.75) is 12.5 Å². The van der Waals surface area contributed by atoms with E-state index < -0.39 is 0 Å². The van der Waals surface area contributed by atoms with Gasteiger partial charge in [0.2, 0.25) is 0 Å². The second-order valence-corrected chi connectivity index (χ2v) is 3.65. The Balaban J connectivity index is 2.31. The standard InChI is InChI=1S/C10H16ClNO3/c1-14-10(13)7-9-8-12(4-2-3-11)5-6-15-9/h2-3,9H,4-8H2,1H3/b3-2+.